The Bertz CT molecular complexity index is 844. The number of fused-ring (bicyclic) bond motifs is 1. The van der Waals surface area contributed by atoms with E-state index >= 15 is 0 Å². The average molecular weight is 323 g/mol. The van der Waals surface area contributed by atoms with Crippen molar-refractivity contribution in [3.63, 3.8) is 0 Å². The molecule has 3 amide bonds. The van der Waals surface area contributed by atoms with Crippen LogP contribution in [0.5, 0.6) is 0 Å². The highest BCUT2D eigenvalue weighted by Gasteiger charge is 2.07. The van der Waals surface area contributed by atoms with Crippen LogP contribution >= 0.6 is 0 Å². The van der Waals surface area contributed by atoms with E-state index in [1.54, 1.807) is 0 Å². The van der Waals surface area contributed by atoms with Gasteiger partial charge in [-0.25, -0.2) is 19.9 Å². The van der Waals surface area contributed by atoms with Crippen molar-refractivity contribution in [3.05, 3.63) is 66.5 Å². The average Bonchev–Trinajstić information content (AvgIpc) is 3.02. The van der Waals surface area contributed by atoms with Crippen LogP contribution in [0.3, 0.4) is 0 Å². The van der Waals surface area contributed by atoms with Gasteiger partial charge in [-0.15, -0.1) is 0 Å². The Hall–Kier alpha value is -3.35. The molecule has 0 saturated heterocycles. The number of amides is 3. The Morgan fingerprint density at radius 2 is 1.71 bits per heavy atom. The Morgan fingerprint density at radius 3 is 2.54 bits per heavy atom. The second-order valence-electron chi connectivity index (χ2n) is 5.16. The first-order valence-electron chi connectivity index (χ1n) is 7.50. The number of para-hydroxylation sites is 2. The Labute approximate surface area is 138 Å². The standard InChI is InChI=1S/C17H17N5O2/c23-16(18-10-13-6-2-1-3-7-13)11-19-17(24)21-22-12-20-14-8-4-5-9-15(14)22/h1-9,12H,10-11H2,(H,18,23)(H2,19,21,24). The van der Waals surface area contributed by atoms with Crippen LogP contribution in [0.25, 0.3) is 11.0 Å². The van der Waals surface area contributed by atoms with Crippen molar-refractivity contribution >= 4 is 23.0 Å². The molecule has 0 aliphatic heterocycles. The maximum atomic E-state index is 11.9. The van der Waals surface area contributed by atoms with Crippen molar-refractivity contribution in [2.24, 2.45) is 0 Å². The summed E-state index contributed by atoms with van der Waals surface area (Å²) in [6.45, 7) is 0.320. The highest BCUT2D eigenvalue weighted by molar-refractivity contribution is 5.88. The smallest absolute Gasteiger partial charge is 0.334 e. The molecule has 2 aromatic carbocycles. The predicted octanol–water partition coefficient (Wildman–Crippen LogP) is 1.61. The Balaban J connectivity index is 1.46. The van der Waals surface area contributed by atoms with Crippen LogP contribution in [0.15, 0.2) is 60.9 Å². The van der Waals surface area contributed by atoms with E-state index in [1.165, 1.54) is 11.0 Å². The number of urea groups is 1. The zero-order valence-electron chi connectivity index (χ0n) is 12.9. The molecule has 3 aromatic rings. The molecule has 0 unspecified atom stereocenters. The van der Waals surface area contributed by atoms with Crippen LogP contribution in [0.1, 0.15) is 5.56 Å². The SMILES string of the molecule is O=C(CNC(=O)Nn1cnc2ccccc21)NCc1ccccc1. The van der Waals surface area contributed by atoms with E-state index in [2.05, 4.69) is 21.0 Å². The summed E-state index contributed by atoms with van der Waals surface area (Å²) in [6, 6.07) is 16.5. The van der Waals surface area contributed by atoms with E-state index in [1.807, 2.05) is 54.6 Å². The normalized spacial score (nSPS) is 10.3. The minimum Gasteiger partial charge on any atom is -0.350 e. The van der Waals surface area contributed by atoms with E-state index in [-0.39, 0.29) is 12.5 Å². The lowest BCUT2D eigenvalue weighted by molar-refractivity contribution is -0.120. The molecule has 24 heavy (non-hydrogen) atoms. The molecule has 0 aliphatic carbocycles. The first-order chi connectivity index (χ1) is 11.7. The third-order valence-electron chi connectivity index (χ3n) is 3.42. The van der Waals surface area contributed by atoms with Crippen molar-refractivity contribution in [3.8, 4) is 0 Å². The number of carbonyl (C=O) groups is 2. The second-order valence-corrected chi connectivity index (χ2v) is 5.16. The number of benzene rings is 2. The predicted molar refractivity (Wildman–Crippen MR) is 90.8 cm³/mol. The fourth-order valence-electron chi connectivity index (χ4n) is 2.22. The number of nitrogens with one attached hydrogen (secondary N) is 3. The maximum absolute atomic E-state index is 11.9. The van der Waals surface area contributed by atoms with Gasteiger partial charge in [0.15, 0.2) is 0 Å². The largest absolute Gasteiger partial charge is 0.350 e. The highest BCUT2D eigenvalue weighted by Crippen LogP contribution is 2.09. The Morgan fingerprint density at radius 1 is 0.958 bits per heavy atom. The van der Waals surface area contributed by atoms with E-state index in [0.29, 0.717) is 6.54 Å². The summed E-state index contributed by atoms with van der Waals surface area (Å²) in [5, 5.41) is 5.25. The van der Waals surface area contributed by atoms with Gasteiger partial charge in [-0.2, -0.15) is 0 Å². The van der Waals surface area contributed by atoms with Gasteiger partial charge >= 0.3 is 6.03 Å². The van der Waals surface area contributed by atoms with Crippen molar-refractivity contribution in [2.45, 2.75) is 6.54 Å². The first kappa shape index (κ1) is 15.5. The molecule has 3 N–H and O–H groups in total. The Kier molecular flexibility index (Phi) is 4.71. The van der Waals surface area contributed by atoms with Gasteiger partial charge in [-0.05, 0) is 17.7 Å². The van der Waals surface area contributed by atoms with Crippen LogP contribution in [-0.4, -0.2) is 28.1 Å². The highest BCUT2D eigenvalue weighted by atomic mass is 16.2. The lowest BCUT2D eigenvalue weighted by Crippen LogP contribution is -2.40. The minimum absolute atomic E-state index is 0.106. The van der Waals surface area contributed by atoms with Gasteiger partial charge in [-0.1, -0.05) is 42.5 Å². The van der Waals surface area contributed by atoms with Crippen LogP contribution in [-0.2, 0) is 11.3 Å². The third-order valence-corrected chi connectivity index (χ3v) is 3.42. The first-order valence-corrected chi connectivity index (χ1v) is 7.50. The molecule has 3 rings (SSSR count). The number of hydrogen-bond acceptors (Lipinski definition) is 3. The summed E-state index contributed by atoms with van der Waals surface area (Å²) in [7, 11) is 0. The van der Waals surface area contributed by atoms with Crippen LogP contribution < -0.4 is 16.1 Å². The van der Waals surface area contributed by atoms with Gasteiger partial charge in [0.25, 0.3) is 0 Å². The molecule has 1 aromatic heterocycles. The van der Waals surface area contributed by atoms with E-state index in [0.717, 1.165) is 16.6 Å². The maximum Gasteiger partial charge on any atom is 0.334 e. The number of hydrogen-bond donors (Lipinski definition) is 3. The number of imidazole rings is 1. The van der Waals surface area contributed by atoms with Crippen molar-refractivity contribution in [1.29, 1.82) is 0 Å². The third kappa shape index (κ3) is 3.89. The zero-order chi connectivity index (χ0) is 16.8. The minimum atomic E-state index is -0.479. The molecule has 0 aliphatic rings. The van der Waals surface area contributed by atoms with Gasteiger partial charge in [-0.3, -0.25) is 4.79 Å². The van der Waals surface area contributed by atoms with Crippen molar-refractivity contribution in [2.75, 3.05) is 12.0 Å². The molecule has 7 nitrogen and oxygen atoms in total. The summed E-state index contributed by atoms with van der Waals surface area (Å²) in [5.41, 5.74) is 5.17. The van der Waals surface area contributed by atoms with Gasteiger partial charge in [0.2, 0.25) is 5.91 Å². The molecule has 0 spiro atoms. The topological polar surface area (TPSA) is 88.1 Å². The van der Waals surface area contributed by atoms with Gasteiger partial charge in [0.1, 0.15) is 6.33 Å². The molecule has 122 valence electrons. The molecule has 0 saturated carbocycles. The molecule has 0 fully saturated rings. The number of aromatic nitrogens is 2. The second kappa shape index (κ2) is 7.28. The van der Waals surface area contributed by atoms with Crippen molar-refractivity contribution < 1.29 is 9.59 Å². The summed E-state index contributed by atoms with van der Waals surface area (Å²) in [4.78, 5) is 27.8. The van der Waals surface area contributed by atoms with Crippen LogP contribution in [0.2, 0.25) is 0 Å². The number of nitrogens with zero attached hydrogens (tertiary/aromatic N) is 2. The molecule has 0 radical (unpaired) electrons. The van der Waals surface area contributed by atoms with E-state index < -0.39 is 6.03 Å². The monoisotopic (exact) mass is 323 g/mol. The fourth-order valence-corrected chi connectivity index (χ4v) is 2.22. The summed E-state index contributed by atoms with van der Waals surface area (Å²) in [5.74, 6) is -0.260. The van der Waals surface area contributed by atoms with Crippen LogP contribution in [0.4, 0.5) is 4.79 Å². The van der Waals surface area contributed by atoms with Gasteiger partial charge < -0.3 is 10.6 Å². The summed E-state index contributed by atoms with van der Waals surface area (Å²) in [6.07, 6.45) is 1.51. The van der Waals surface area contributed by atoms with E-state index in [9.17, 15) is 9.59 Å². The molecule has 7 heteroatoms. The van der Waals surface area contributed by atoms with Gasteiger partial charge in [0, 0.05) is 6.54 Å². The lowest BCUT2D eigenvalue weighted by atomic mass is 10.2. The van der Waals surface area contributed by atoms with Crippen LogP contribution in [0, 0.1) is 0 Å². The number of carbonyl (C=O) groups excluding carboxylic acids is 2. The van der Waals surface area contributed by atoms with Gasteiger partial charge in [0.05, 0.1) is 17.6 Å². The quantitative estimate of drug-likeness (QED) is 0.666. The van der Waals surface area contributed by atoms with E-state index in [4.69, 9.17) is 0 Å². The summed E-state index contributed by atoms with van der Waals surface area (Å²) < 4.78 is 1.51. The fraction of sp³-hybridized carbons (Fsp3) is 0.118. The number of rotatable bonds is 5. The molecule has 0 bridgehead atoms. The molecular formula is C17H17N5O2. The summed E-state index contributed by atoms with van der Waals surface area (Å²) >= 11 is 0. The van der Waals surface area contributed by atoms with Crippen molar-refractivity contribution in [1.82, 2.24) is 20.3 Å². The molecular weight excluding hydrogens is 306 g/mol. The molecule has 0 atom stereocenters. The zero-order valence-corrected chi connectivity index (χ0v) is 12.9. The molecule has 1 heterocycles. The lowest BCUT2D eigenvalue weighted by Gasteiger charge is -2.09.